The summed E-state index contributed by atoms with van der Waals surface area (Å²) in [6, 6.07) is 0. The molecule has 0 saturated carbocycles. The van der Waals surface area contributed by atoms with Crippen LogP contribution in [-0.2, 0) is 7.05 Å². The molecule has 1 aromatic heterocycles. The highest BCUT2D eigenvalue weighted by molar-refractivity contribution is 5.61. The first-order chi connectivity index (χ1) is 6.75. The monoisotopic (exact) mass is 191 g/mol. The lowest BCUT2D eigenvalue weighted by Crippen LogP contribution is -1.92. The molecule has 0 amide bonds. The number of aromatic nitrogens is 3. The molecular formula is C11H17N3. The van der Waals surface area contributed by atoms with Crippen LogP contribution < -0.4 is 0 Å². The Morgan fingerprint density at radius 1 is 1.07 bits per heavy atom. The number of aryl methyl sites for hydroxylation is 1. The predicted octanol–water partition coefficient (Wildman–Crippen LogP) is 2.52. The maximum Gasteiger partial charge on any atom is 0.112 e. The van der Waals surface area contributed by atoms with Crippen LogP contribution in [0.25, 0.3) is 12.2 Å². The lowest BCUT2D eigenvalue weighted by Gasteiger charge is -1.91. The Bertz CT molecular complexity index is 316. The third-order valence-corrected chi connectivity index (χ3v) is 1.88. The van der Waals surface area contributed by atoms with Crippen LogP contribution in [0.5, 0.6) is 0 Å². The Balaban J connectivity index is 0.000000461. The van der Waals surface area contributed by atoms with Gasteiger partial charge in [-0.25, -0.2) is 0 Å². The summed E-state index contributed by atoms with van der Waals surface area (Å²) in [5, 5.41) is 8.43. The zero-order valence-corrected chi connectivity index (χ0v) is 9.23. The molecule has 1 aliphatic rings. The molecule has 1 heterocycles. The highest BCUT2D eigenvalue weighted by Gasteiger charge is 2.06. The van der Waals surface area contributed by atoms with E-state index in [0.29, 0.717) is 5.92 Å². The van der Waals surface area contributed by atoms with Gasteiger partial charge in [0.15, 0.2) is 0 Å². The molecule has 0 atom stereocenters. The molecule has 0 spiro atoms. The van der Waals surface area contributed by atoms with Gasteiger partial charge in [-0.3, -0.25) is 0 Å². The van der Waals surface area contributed by atoms with E-state index in [9.17, 15) is 0 Å². The molecule has 0 aromatic carbocycles. The number of rotatable bonds is 0. The molecule has 3 heteroatoms. The quantitative estimate of drug-likeness (QED) is 0.631. The Morgan fingerprint density at radius 2 is 1.50 bits per heavy atom. The molecule has 3 nitrogen and oxygen atoms in total. The number of hydrogen-bond acceptors (Lipinski definition) is 2. The van der Waals surface area contributed by atoms with Crippen molar-refractivity contribution in [2.45, 2.75) is 20.8 Å². The lowest BCUT2D eigenvalue weighted by atomic mass is 10.2. The first-order valence-corrected chi connectivity index (χ1v) is 5.03. The second-order valence-corrected chi connectivity index (χ2v) is 3.04. The standard InChI is InChI=1S/C9H11N3.C2H6/c1-7-3-5-8-9(6-4-7)11-12(2)10-8;1-2/h3-7H,1-2H3;1-2H3. The fourth-order valence-corrected chi connectivity index (χ4v) is 1.22. The van der Waals surface area contributed by atoms with Crippen LogP contribution in [0.15, 0.2) is 12.2 Å². The van der Waals surface area contributed by atoms with Crippen molar-refractivity contribution in [1.29, 1.82) is 0 Å². The average molecular weight is 191 g/mol. The SMILES string of the molecule is CC.CC1C=Cc2nn(C)nc2C=C1. The van der Waals surface area contributed by atoms with Crippen LogP contribution in [0.4, 0.5) is 0 Å². The molecule has 76 valence electrons. The van der Waals surface area contributed by atoms with Crippen LogP contribution in [0.3, 0.4) is 0 Å². The van der Waals surface area contributed by atoms with E-state index < -0.39 is 0 Å². The van der Waals surface area contributed by atoms with E-state index >= 15 is 0 Å². The summed E-state index contributed by atoms with van der Waals surface area (Å²) in [6.45, 7) is 6.14. The molecule has 0 unspecified atom stereocenters. The van der Waals surface area contributed by atoms with Gasteiger partial charge in [0, 0.05) is 7.05 Å². The van der Waals surface area contributed by atoms with Gasteiger partial charge >= 0.3 is 0 Å². The molecule has 1 aliphatic carbocycles. The highest BCUT2D eigenvalue weighted by atomic mass is 15.5. The van der Waals surface area contributed by atoms with Gasteiger partial charge in [-0.15, -0.1) is 0 Å². The number of hydrogen-bond donors (Lipinski definition) is 0. The molecule has 0 fully saturated rings. The molecule has 2 rings (SSSR count). The van der Waals surface area contributed by atoms with Gasteiger partial charge in [0.25, 0.3) is 0 Å². The van der Waals surface area contributed by atoms with Gasteiger partial charge in [-0.1, -0.05) is 32.9 Å². The number of nitrogens with zero attached hydrogens (tertiary/aromatic N) is 3. The normalized spacial score (nSPS) is 14.3. The second-order valence-electron chi connectivity index (χ2n) is 3.04. The van der Waals surface area contributed by atoms with Crippen LogP contribution in [-0.4, -0.2) is 15.0 Å². The second kappa shape index (κ2) is 4.74. The molecule has 0 aliphatic heterocycles. The van der Waals surface area contributed by atoms with Gasteiger partial charge in [0.1, 0.15) is 11.4 Å². The predicted molar refractivity (Wildman–Crippen MR) is 59.6 cm³/mol. The smallest absolute Gasteiger partial charge is 0.112 e. The zero-order chi connectivity index (χ0) is 10.6. The maximum atomic E-state index is 4.21. The Kier molecular flexibility index (Phi) is 3.63. The first kappa shape index (κ1) is 10.7. The summed E-state index contributed by atoms with van der Waals surface area (Å²) in [5.41, 5.74) is 1.91. The van der Waals surface area contributed by atoms with Crippen molar-refractivity contribution in [3.63, 3.8) is 0 Å². The molecule has 14 heavy (non-hydrogen) atoms. The minimum atomic E-state index is 0.478. The summed E-state index contributed by atoms with van der Waals surface area (Å²) >= 11 is 0. The van der Waals surface area contributed by atoms with Crippen molar-refractivity contribution in [2.24, 2.45) is 13.0 Å². The highest BCUT2D eigenvalue weighted by Crippen LogP contribution is 2.15. The van der Waals surface area contributed by atoms with E-state index in [1.807, 2.05) is 33.0 Å². The average Bonchev–Trinajstić information content (AvgIpc) is 2.47. The summed E-state index contributed by atoms with van der Waals surface area (Å²) in [6.07, 6.45) is 8.29. The van der Waals surface area contributed by atoms with E-state index in [-0.39, 0.29) is 0 Å². The Hall–Kier alpha value is -1.38. The van der Waals surface area contributed by atoms with Crippen LogP contribution in [0.1, 0.15) is 32.2 Å². The summed E-state index contributed by atoms with van der Waals surface area (Å²) in [4.78, 5) is 1.59. The summed E-state index contributed by atoms with van der Waals surface area (Å²) in [7, 11) is 1.83. The fourth-order valence-electron chi connectivity index (χ4n) is 1.22. The van der Waals surface area contributed by atoms with Crippen molar-refractivity contribution in [3.8, 4) is 0 Å². The Labute approximate surface area is 85.1 Å². The van der Waals surface area contributed by atoms with E-state index in [1.54, 1.807) is 4.80 Å². The largest absolute Gasteiger partial charge is 0.187 e. The van der Waals surface area contributed by atoms with Crippen LogP contribution >= 0.6 is 0 Å². The molecule has 1 aromatic rings. The summed E-state index contributed by atoms with van der Waals surface area (Å²) < 4.78 is 0. The lowest BCUT2D eigenvalue weighted by molar-refractivity contribution is 0.651. The maximum absolute atomic E-state index is 4.21. The van der Waals surface area contributed by atoms with E-state index in [1.165, 1.54) is 0 Å². The summed E-state index contributed by atoms with van der Waals surface area (Å²) in [5.74, 6) is 0.478. The first-order valence-electron chi connectivity index (χ1n) is 5.03. The van der Waals surface area contributed by atoms with Gasteiger partial charge in [-0.2, -0.15) is 15.0 Å². The van der Waals surface area contributed by atoms with Crippen molar-refractivity contribution in [1.82, 2.24) is 15.0 Å². The topological polar surface area (TPSA) is 30.7 Å². The van der Waals surface area contributed by atoms with Gasteiger partial charge < -0.3 is 0 Å². The minimum Gasteiger partial charge on any atom is -0.187 e. The third kappa shape index (κ3) is 2.31. The van der Waals surface area contributed by atoms with Crippen molar-refractivity contribution >= 4 is 12.2 Å². The molecule has 0 bridgehead atoms. The van der Waals surface area contributed by atoms with Crippen LogP contribution in [0.2, 0.25) is 0 Å². The third-order valence-electron chi connectivity index (χ3n) is 1.88. The fraction of sp³-hybridized carbons (Fsp3) is 0.455. The molecule has 0 N–H and O–H groups in total. The van der Waals surface area contributed by atoms with Crippen molar-refractivity contribution in [3.05, 3.63) is 23.5 Å². The van der Waals surface area contributed by atoms with Crippen LogP contribution in [0, 0.1) is 5.92 Å². The van der Waals surface area contributed by atoms with E-state index in [2.05, 4.69) is 29.3 Å². The number of fused-ring (bicyclic) bond motifs is 1. The van der Waals surface area contributed by atoms with Crippen molar-refractivity contribution in [2.75, 3.05) is 0 Å². The zero-order valence-electron chi connectivity index (χ0n) is 9.23. The van der Waals surface area contributed by atoms with Crippen molar-refractivity contribution < 1.29 is 0 Å². The number of allylic oxidation sites excluding steroid dienone is 2. The van der Waals surface area contributed by atoms with Gasteiger partial charge in [-0.05, 0) is 18.1 Å². The molecular weight excluding hydrogens is 174 g/mol. The Morgan fingerprint density at radius 3 is 1.93 bits per heavy atom. The minimum absolute atomic E-state index is 0.478. The molecule has 0 radical (unpaired) electrons. The molecule has 0 saturated heterocycles. The van der Waals surface area contributed by atoms with E-state index in [0.717, 1.165) is 11.4 Å². The van der Waals surface area contributed by atoms with Gasteiger partial charge in [0.05, 0.1) is 0 Å². The van der Waals surface area contributed by atoms with Gasteiger partial charge in [0.2, 0.25) is 0 Å². The van der Waals surface area contributed by atoms with E-state index in [4.69, 9.17) is 0 Å².